The monoisotopic (exact) mass is 357 g/mol. The lowest BCUT2D eigenvalue weighted by Gasteiger charge is -2.19. The molecule has 0 radical (unpaired) electrons. The van der Waals surface area contributed by atoms with Gasteiger partial charge in [0, 0.05) is 23.0 Å². The van der Waals surface area contributed by atoms with Crippen LogP contribution in [0.25, 0.3) is 11.6 Å². The quantitative estimate of drug-likeness (QED) is 0.669. The van der Waals surface area contributed by atoms with E-state index >= 15 is 0 Å². The average molecular weight is 357 g/mol. The van der Waals surface area contributed by atoms with Gasteiger partial charge in [0.05, 0.1) is 0 Å². The highest BCUT2D eigenvalue weighted by Gasteiger charge is 2.22. The molecule has 2 aromatic heterocycles. The van der Waals surface area contributed by atoms with Gasteiger partial charge in [-0.25, -0.2) is 4.98 Å². The summed E-state index contributed by atoms with van der Waals surface area (Å²) in [4.78, 5) is 5.68. The maximum atomic E-state index is 5.67. The highest BCUT2D eigenvalue weighted by molar-refractivity contribution is 7.98. The second kappa shape index (κ2) is 7.28. The van der Waals surface area contributed by atoms with Crippen LogP contribution in [-0.4, -0.2) is 34.5 Å². The van der Waals surface area contributed by atoms with Crippen molar-refractivity contribution in [1.82, 2.24) is 20.5 Å². The standard InChI is InChI=1S/C17H19N5O2S/c1-25-13-6-2-5-12(8-13)19-17-22-21-16(24-17)14-10-23-15(20-14)11-4-3-7-18-9-11/h2,5-6,8,10-11,18H,3-4,7,9H2,1H3,(H,19,22). The first-order valence-electron chi connectivity index (χ1n) is 8.23. The third kappa shape index (κ3) is 3.69. The van der Waals surface area contributed by atoms with Crippen LogP contribution < -0.4 is 10.6 Å². The minimum atomic E-state index is 0.303. The summed E-state index contributed by atoms with van der Waals surface area (Å²) < 4.78 is 11.3. The number of hydrogen-bond acceptors (Lipinski definition) is 8. The zero-order chi connectivity index (χ0) is 17.1. The van der Waals surface area contributed by atoms with E-state index in [4.69, 9.17) is 8.83 Å². The minimum absolute atomic E-state index is 0.303. The van der Waals surface area contributed by atoms with E-state index < -0.39 is 0 Å². The zero-order valence-electron chi connectivity index (χ0n) is 13.9. The van der Waals surface area contributed by atoms with E-state index in [2.05, 4.69) is 25.8 Å². The maximum Gasteiger partial charge on any atom is 0.320 e. The second-order valence-electron chi connectivity index (χ2n) is 5.88. The topological polar surface area (TPSA) is 89.0 Å². The van der Waals surface area contributed by atoms with E-state index in [9.17, 15) is 0 Å². The number of anilines is 2. The van der Waals surface area contributed by atoms with Crippen LogP contribution in [0.15, 0.2) is 44.3 Å². The fourth-order valence-electron chi connectivity index (χ4n) is 2.84. The number of nitrogens with zero attached hydrogens (tertiary/aromatic N) is 3. The Hall–Kier alpha value is -2.32. The van der Waals surface area contributed by atoms with Crippen molar-refractivity contribution < 1.29 is 8.83 Å². The van der Waals surface area contributed by atoms with Crippen LogP contribution in [0.3, 0.4) is 0 Å². The Morgan fingerprint density at radius 2 is 2.28 bits per heavy atom. The first-order valence-corrected chi connectivity index (χ1v) is 9.45. The van der Waals surface area contributed by atoms with E-state index in [1.165, 1.54) is 0 Å². The first-order chi connectivity index (χ1) is 12.3. The second-order valence-corrected chi connectivity index (χ2v) is 6.76. The van der Waals surface area contributed by atoms with Gasteiger partial charge in [0.15, 0.2) is 11.6 Å². The molecule has 1 aromatic carbocycles. The molecule has 1 saturated heterocycles. The molecule has 0 spiro atoms. The van der Waals surface area contributed by atoms with Gasteiger partial charge in [-0.05, 0) is 43.8 Å². The molecule has 0 aliphatic carbocycles. The van der Waals surface area contributed by atoms with Crippen molar-refractivity contribution in [3.63, 3.8) is 0 Å². The summed E-state index contributed by atoms with van der Waals surface area (Å²) in [5.74, 6) is 1.38. The average Bonchev–Trinajstić information content (AvgIpc) is 3.32. The van der Waals surface area contributed by atoms with Crippen molar-refractivity contribution in [2.24, 2.45) is 0 Å². The van der Waals surface area contributed by atoms with Gasteiger partial charge in [-0.1, -0.05) is 11.2 Å². The van der Waals surface area contributed by atoms with E-state index in [0.717, 1.165) is 42.4 Å². The summed E-state index contributed by atoms with van der Waals surface area (Å²) >= 11 is 1.68. The van der Waals surface area contributed by atoms with E-state index in [0.29, 0.717) is 23.5 Å². The van der Waals surface area contributed by atoms with Gasteiger partial charge in [-0.15, -0.1) is 16.9 Å². The number of aromatic nitrogens is 3. The normalized spacial score (nSPS) is 17.6. The predicted octanol–water partition coefficient (Wildman–Crippen LogP) is 3.66. The molecule has 1 unspecified atom stereocenters. The fourth-order valence-corrected chi connectivity index (χ4v) is 3.30. The van der Waals surface area contributed by atoms with Crippen molar-refractivity contribution in [3.8, 4) is 11.6 Å². The van der Waals surface area contributed by atoms with Crippen LogP contribution in [0.5, 0.6) is 0 Å². The Morgan fingerprint density at radius 1 is 1.32 bits per heavy atom. The summed E-state index contributed by atoms with van der Waals surface area (Å²) in [6.07, 6.45) is 5.82. The van der Waals surface area contributed by atoms with Crippen LogP contribution in [0, 0.1) is 0 Å². The summed E-state index contributed by atoms with van der Waals surface area (Å²) in [5, 5.41) is 14.6. The molecule has 4 rings (SSSR count). The third-order valence-corrected chi connectivity index (χ3v) is 4.86. The van der Waals surface area contributed by atoms with Gasteiger partial charge in [-0.2, -0.15) is 0 Å². The lowest BCUT2D eigenvalue weighted by atomic mass is 10.00. The lowest BCUT2D eigenvalue weighted by Crippen LogP contribution is -2.28. The fraction of sp³-hybridized carbons (Fsp3) is 0.353. The van der Waals surface area contributed by atoms with Gasteiger partial charge in [-0.3, -0.25) is 0 Å². The Kier molecular flexibility index (Phi) is 4.71. The van der Waals surface area contributed by atoms with Crippen molar-refractivity contribution in [2.75, 3.05) is 24.7 Å². The van der Waals surface area contributed by atoms with Crippen molar-refractivity contribution >= 4 is 23.5 Å². The smallest absolute Gasteiger partial charge is 0.320 e. The van der Waals surface area contributed by atoms with Gasteiger partial charge < -0.3 is 19.5 Å². The predicted molar refractivity (Wildman–Crippen MR) is 96.1 cm³/mol. The Labute approximate surface area is 149 Å². The number of oxazole rings is 1. The summed E-state index contributed by atoms with van der Waals surface area (Å²) in [5.41, 5.74) is 1.47. The van der Waals surface area contributed by atoms with Crippen LogP contribution in [0.4, 0.5) is 11.7 Å². The molecule has 8 heteroatoms. The first kappa shape index (κ1) is 16.2. The maximum absolute atomic E-state index is 5.67. The number of rotatable bonds is 5. The SMILES string of the molecule is CSc1cccc(Nc2nnc(-c3coc(C4CCCNC4)n3)o2)c1. The van der Waals surface area contributed by atoms with Gasteiger partial charge in [0.25, 0.3) is 5.89 Å². The Bertz CT molecular complexity index is 841. The van der Waals surface area contributed by atoms with Crippen molar-refractivity contribution in [3.05, 3.63) is 36.4 Å². The van der Waals surface area contributed by atoms with Crippen LogP contribution >= 0.6 is 11.8 Å². The van der Waals surface area contributed by atoms with Crippen LogP contribution in [-0.2, 0) is 0 Å². The molecule has 0 amide bonds. The lowest BCUT2D eigenvalue weighted by molar-refractivity contribution is 0.376. The molecule has 3 aromatic rings. The molecular weight excluding hydrogens is 338 g/mol. The van der Waals surface area contributed by atoms with Crippen molar-refractivity contribution in [2.45, 2.75) is 23.7 Å². The number of nitrogens with one attached hydrogen (secondary N) is 2. The molecule has 1 fully saturated rings. The molecule has 7 nitrogen and oxygen atoms in total. The van der Waals surface area contributed by atoms with Gasteiger partial charge >= 0.3 is 6.01 Å². The molecule has 2 N–H and O–H groups in total. The zero-order valence-corrected chi connectivity index (χ0v) is 14.7. The highest BCUT2D eigenvalue weighted by Crippen LogP contribution is 2.27. The number of thioether (sulfide) groups is 1. The van der Waals surface area contributed by atoms with E-state index in [1.807, 2.05) is 30.5 Å². The number of benzene rings is 1. The van der Waals surface area contributed by atoms with Crippen molar-refractivity contribution in [1.29, 1.82) is 0 Å². The van der Waals surface area contributed by atoms with Gasteiger partial charge in [0.2, 0.25) is 0 Å². The van der Waals surface area contributed by atoms with Crippen LogP contribution in [0.1, 0.15) is 24.7 Å². The molecule has 25 heavy (non-hydrogen) atoms. The molecule has 1 aliphatic heterocycles. The molecule has 130 valence electrons. The van der Waals surface area contributed by atoms with E-state index in [-0.39, 0.29) is 0 Å². The minimum Gasteiger partial charge on any atom is -0.448 e. The largest absolute Gasteiger partial charge is 0.448 e. The number of piperidine rings is 1. The molecule has 0 bridgehead atoms. The number of hydrogen-bond donors (Lipinski definition) is 2. The molecule has 1 atom stereocenters. The van der Waals surface area contributed by atoms with Gasteiger partial charge in [0.1, 0.15) is 6.26 Å². The summed E-state index contributed by atoms with van der Waals surface area (Å²) in [6, 6.07) is 8.34. The van der Waals surface area contributed by atoms with Crippen LogP contribution in [0.2, 0.25) is 0 Å². The molecule has 1 aliphatic rings. The Morgan fingerprint density at radius 3 is 3.12 bits per heavy atom. The summed E-state index contributed by atoms with van der Waals surface area (Å²) in [6.45, 7) is 1.95. The third-order valence-electron chi connectivity index (χ3n) is 4.13. The molecule has 0 saturated carbocycles. The summed E-state index contributed by atoms with van der Waals surface area (Å²) in [7, 11) is 0. The molecule has 3 heterocycles. The Balaban J connectivity index is 1.48. The van der Waals surface area contributed by atoms with E-state index in [1.54, 1.807) is 18.0 Å². The molecular formula is C17H19N5O2S. The highest BCUT2D eigenvalue weighted by atomic mass is 32.2.